The van der Waals surface area contributed by atoms with Crippen LogP contribution in [0.4, 0.5) is 0 Å². The van der Waals surface area contributed by atoms with Crippen molar-refractivity contribution < 1.29 is 8.42 Å². The second-order valence-electron chi connectivity index (χ2n) is 4.47. The SMILES string of the molecule is Cc1ccc(S(=O)(=O)CC(I)c2ccccc2)cc1. The lowest BCUT2D eigenvalue weighted by Crippen LogP contribution is -2.11. The third kappa shape index (κ3) is 3.79. The molecule has 0 aliphatic heterocycles. The van der Waals surface area contributed by atoms with Gasteiger partial charge in [0.2, 0.25) is 0 Å². The van der Waals surface area contributed by atoms with E-state index in [2.05, 4.69) is 22.6 Å². The molecule has 0 radical (unpaired) electrons. The van der Waals surface area contributed by atoms with Crippen molar-refractivity contribution in [1.82, 2.24) is 0 Å². The highest BCUT2D eigenvalue weighted by Crippen LogP contribution is 2.27. The van der Waals surface area contributed by atoms with Crippen LogP contribution in [0.1, 0.15) is 15.1 Å². The molecule has 2 nitrogen and oxygen atoms in total. The van der Waals surface area contributed by atoms with Gasteiger partial charge in [0.15, 0.2) is 9.84 Å². The van der Waals surface area contributed by atoms with Gasteiger partial charge in [-0.2, -0.15) is 0 Å². The summed E-state index contributed by atoms with van der Waals surface area (Å²) in [4.78, 5) is 0.399. The van der Waals surface area contributed by atoms with Crippen molar-refractivity contribution in [1.29, 1.82) is 0 Å². The summed E-state index contributed by atoms with van der Waals surface area (Å²) < 4.78 is 24.6. The smallest absolute Gasteiger partial charge is 0.179 e. The third-order valence-corrected chi connectivity index (χ3v) is 6.43. The van der Waals surface area contributed by atoms with Crippen molar-refractivity contribution in [2.75, 3.05) is 5.75 Å². The van der Waals surface area contributed by atoms with Crippen LogP contribution in [0, 0.1) is 6.92 Å². The zero-order chi connectivity index (χ0) is 13.9. The zero-order valence-electron chi connectivity index (χ0n) is 10.6. The first kappa shape index (κ1) is 14.5. The molecule has 19 heavy (non-hydrogen) atoms. The minimum Gasteiger partial charge on any atom is -0.224 e. The van der Waals surface area contributed by atoms with Gasteiger partial charge < -0.3 is 0 Å². The number of hydrogen-bond acceptors (Lipinski definition) is 2. The summed E-state index contributed by atoms with van der Waals surface area (Å²) in [5.41, 5.74) is 2.10. The molecule has 0 saturated heterocycles. The van der Waals surface area contributed by atoms with Gasteiger partial charge in [-0.05, 0) is 24.6 Å². The molecule has 100 valence electrons. The summed E-state index contributed by atoms with van der Waals surface area (Å²) in [6.07, 6.45) is 0. The van der Waals surface area contributed by atoms with Gasteiger partial charge in [0, 0.05) is 0 Å². The minimum absolute atomic E-state index is 0.0369. The Hall–Kier alpha value is -0.880. The van der Waals surface area contributed by atoms with Crippen LogP contribution < -0.4 is 0 Å². The number of aryl methyl sites for hydroxylation is 1. The fourth-order valence-corrected chi connectivity index (χ4v) is 4.95. The van der Waals surface area contributed by atoms with Crippen molar-refractivity contribution in [3.63, 3.8) is 0 Å². The van der Waals surface area contributed by atoms with E-state index in [-0.39, 0.29) is 9.68 Å². The van der Waals surface area contributed by atoms with Gasteiger partial charge in [0.25, 0.3) is 0 Å². The van der Waals surface area contributed by atoms with E-state index in [1.165, 1.54) is 0 Å². The van der Waals surface area contributed by atoms with Gasteiger partial charge in [-0.3, -0.25) is 0 Å². The van der Waals surface area contributed by atoms with Crippen LogP contribution >= 0.6 is 22.6 Å². The average molecular weight is 386 g/mol. The van der Waals surface area contributed by atoms with Gasteiger partial charge in [-0.15, -0.1) is 0 Å². The number of halogens is 1. The van der Waals surface area contributed by atoms with Crippen molar-refractivity contribution in [3.05, 3.63) is 65.7 Å². The van der Waals surface area contributed by atoms with E-state index in [4.69, 9.17) is 0 Å². The van der Waals surface area contributed by atoms with Crippen LogP contribution in [-0.4, -0.2) is 14.2 Å². The molecule has 0 N–H and O–H groups in total. The van der Waals surface area contributed by atoms with E-state index in [0.29, 0.717) is 4.90 Å². The van der Waals surface area contributed by atoms with E-state index in [1.54, 1.807) is 12.1 Å². The molecule has 1 unspecified atom stereocenters. The number of benzene rings is 2. The highest BCUT2D eigenvalue weighted by atomic mass is 127. The lowest BCUT2D eigenvalue weighted by Gasteiger charge is -2.11. The molecule has 0 spiro atoms. The van der Waals surface area contributed by atoms with Crippen LogP contribution in [0.25, 0.3) is 0 Å². The highest BCUT2D eigenvalue weighted by molar-refractivity contribution is 14.1. The average Bonchev–Trinajstić information content (AvgIpc) is 2.40. The number of rotatable bonds is 4. The van der Waals surface area contributed by atoms with Crippen LogP contribution in [0.15, 0.2) is 59.5 Å². The molecule has 1 atom stereocenters. The lowest BCUT2D eigenvalue weighted by atomic mass is 10.2. The van der Waals surface area contributed by atoms with Crippen molar-refractivity contribution in [3.8, 4) is 0 Å². The summed E-state index contributed by atoms with van der Waals surface area (Å²) in [6, 6.07) is 16.7. The first-order valence-corrected chi connectivity index (χ1v) is 8.87. The number of sulfone groups is 1. The largest absolute Gasteiger partial charge is 0.224 e. The Bertz CT molecular complexity index is 634. The predicted molar refractivity (Wildman–Crippen MR) is 86.4 cm³/mol. The van der Waals surface area contributed by atoms with Crippen molar-refractivity contribution >= 4 is 32.4 Å². The standard InChI is InChI=1S/C15H15IO2S/c1-12-7-9-14(10-8-12)19(17,18)11-15(16)13-5-3-2-4-6-13/h2-10,15H,11H2,1H3. The van der Waals surface area contributed by atoms with E-state index < -0.39 is 9.84 Å². The third-order valence-electron chi connectivity index (χ3n) is 2.91. The quantitative estimate of drug-likeness (QED) is 0.589. The summed E-state index contributed by atoms with van der Waals surface area (Å²) >= 11 is 2.19. The second kappa shape index (κ2) is 6.05. The van der Waals surface area contributed by atoms with Gasteiger partial charge in [0.05, 0.1) is 14.6 Å². The molecule has 0 amide bonds. The Morgan fingerprint density at radius 1 is 1.00 bits per heavy atom. The Kier molecular flexibility index (Phi) is 4.62. The molecule has 0 aliphatic rings. The van der Waals surface area contributed by atoms with Gasteiger partial charge in [0.1, 0.15) is 0 Å². The normalized spacial score (nSPS) is 13.2. The van der Waals surface area contributed by atoms with E-state index >= 15 is 0 Å². The molecule has 2 aromatic rings. The molecule has 4 heteroatoms. The maximum atomic E-state index is 12.3. The summed E-state index contributed by atoms with van der Waals surface area (Å²) in [5, 5.41) is 0. The predicted octanol–water partition coefficient (Wildman–Crippen LogP) is 3.95. The molecule has 0 saturated carbocycles. The van der Waals surface area contributed by atoms with Crippen LogP contribution in [-0.2, 0) is 9.84 Å². The maximum Gasteiger partial charge on any atom is 0.179 e. The van der Waals surface area contributed by atoms with Gasteiger partial charge in [-0.1, -0.05) is 70.6 Å². The highest BCUT2D eigenvalue weighted by Gasteiger charge is 2.20. The Balaban J connectivity index is 2.20. The van der Waals surface area contributed by atoms with Crippen LogP contribution in [0.3, 0.4) is 0 Å². The Morgan fingerprint density at radius 2 is 1.58 bits per heavy atom. The van der Waals surface area contributed by atoms with E-state index in [0.717, 1.165) is 11.1 Å². The first-order chi connectivity index (χ1) is 8.99. The molecule has 0 bridgehead atoms. The fourth-order valence-electron chi connectivity index (χ4n) is 1.79. The molecule has 2 aromatic carbocycles. The molecular formula is C15H15IO2S. The number of hydrogen-bond donors (Lipinski definition) is 0. The summed E-state index contributed by atoms with van der Waals surface area (Å²) in [7, 11) is -3.23. The topological polar surface area (TPSA) is 34.1 Å². The monoisotopic (exact) mass is 386 g/mol. The summed E-state index contributed by atoms with van der Waals surface area (Å²) in [6.45, 7) is 1.95. The van der Waals surface area contributed by atoms with Crippen molar-refractivity contribution in [2.24, 2.45) is 0 Å². The zero-order valence-corrected chi connectivity index (χ0v) is 13.6. The van der Waals surface area contributed by atoms with Crippen molar-refractivity contribution in [2.45, 2.75) is 15.7 Å². The van der Waals surface area contributed by atoms with E-state index in [9.17, 15) is 8.42 Å². The molecular weight excluding hydrogens is 371 g/mol. The minimum atomic E-state index is -3.23. The summed E-state index contributed by atoms with van der Waals surface area (Å²) in [5.74, 6) is 0.126. The molecule has 0 aromatic heterocycles. The Labute approximate surface area is 127 Å². The first-order valence-electron chi connectivity index (χ1n) is 5.97. The molecule has 0 fully saturated rings. The Morgan fingerprint density at radius 3 is 2.16 bits per heavy atom. The van der Waals surface area contributed by atoms with Gasteiger partial charge >= 0.3 is 0 Å². The second-order valence-corrected chi connectivity index (χ2v) is 8.01. The van der Waals surface area contributed by atoms with E-state index in [1.807, 2.05) is 49.4 Å². The van der Waals surface area contributed by atoms with Crippen LogP contribution in [0.5, 0.6) is 0 Å². The van der Waals surface area contributed by atoms with Crippen LogP contribution in [0.2, 0.25) is 0 Å². The molecule has 0 heterocycles. The van der Waals surface area contributed by atoms with Gasteiger partial charge in [-0.25, -0.2) is 8.42 Å². The fraction of sp³-hybridized carbons (Fsp3) is 0.200. The number of alkyl halides is 1. The molecule has 2 rings (SSSR count). The molecule has 0 aliphatic carbocycles. The maximum absolute atomic E-state index is 12.3. The lowest BCUT2D eigenvalue weighted by molar-refractivity contribution is 0.595.